The summed E-state index contributed by atoms with van der Waals surface area (Å²) in [5.74, 6) is 1.11. The van der Waals surface area contributed by atoms with Crippen LogP contribution < -0.4 is 5.73 Å². The molecule has 37 heavy (non-hydrogen) atoms. The molecule has 3 N–H and O–H groups in total. The van der Waals surface area contributed by atoms with Gasteiger partial charge in [-0.05, 0) is 42.7 Å². The molecule has 0 saturated carbocycles. The van der Waals surface area contributed by atoms with E-state index in [1.807, 2.05) is 54.6 Å². The molecular formula is C29H23N3O5. The lowest BCUT2D eigenvalue weighted by Crippen LogP contribution is -2.25. The van der Waals surface area contributed by atoms with Crippen LogP contribution in [-0.2, 0) is 22.4 Å². The number of primary amides is 1. The molecule has 0 radical (unpaired) electrons. The number of aromatic nitrogens is 2. The Kier molecular flexibility index (Phi) is 6.98. The number of ketones is 2. The molecule has 0 bridgehead atoms. The maximum Gasteiger partial charge on any atom is 0.379 e. The van der Waals surface area contributed by atoms with Crippen molar-refractivity contribution in [2.45, 2.75) is 26.7 Å². The molecule has 4 rings (SSSR count). The van der Waals surface area contributed by atoms with Crippen molar-refractivity contribution in [2.75, 3.05) is 0 Å². The second kappa shape index (κ2) is 10.3. The summed E-state index contributed by atoms with van der Waals surface area (Å²) < 4.78 is 1.58. The molecule has 1 amide bonds. The van der Waals surface area contributed by atoms with Crippen LogP contribution in [0, 0.1) is 18.8 Å². The van der Waals surface area contributed by atoms with Crippen molar-refractivity contribution in [3.63, 3.8) is 0 Å². The number of carboxylic acid groups (broad SMARTS) is 1. The van der Waals surface area contributed by atoms with Crippen LogP contribution in [0.3, 0.4) is 0 Å². The molecule has 2 heterocycles. The summed E-state index contributed by atoms with van der Waals surface area (Å²) in [5, 5.41) is 9.39. The first-order chi connectivity index (χ1) is 17.7. The van der Waals surface area contributed by atoms with Gasteiger partial charge < -0.3 is 15.2 Å². The molecule has 0 saturated heterocycles. The molecule has 0 atom stereocenters. The molecule has 184 valence electrons. The van der Waals surface area contributed by atoms with E-state index in [1.54, 1.807) is 24.4 Å². The predicted octanol–water partition coefficient (Wildman–Crippen LogP) is 3.13. The summed E-state index contributed by atoms with van der Waals surface area (Å²) >= 11 is 0. The zero-order valence-corrected chi connectivity index (χ0v) is 20.2. The number of nitrogens with two attached hydrogens (primary N) is 1. The molecule has 0 aliphatic heterocycles. The maximum absolute atomic E-state index is 13.0. The zero-order valence-electron chi connectivity index (χ0n) is 20.2. The lowest BCUT2D eigenvalue weighted by molar-refractivity contribution is -0.131. The van der Waals surface area contributed by atoms with Gasteiger partial charge in [0.2, 0.25) is 0 Å². The quantitative estimate of drug-likeness (QED) is 0.231. The van der Waals surface area contributed by atoms with E-state index in [9.17, 15) is 24.3 Å². The fourth-order valence-corrected chi connectivity index (χ4v) is 4.35. The SMILES string of the molecule is CCc1c(C(=O)C(N)=O)c2c(C(=O)C(=O)O)nc(C)cn2c1Cc1ccccc1C#Cc1ccccc1. The Morgan fingerprint density at radius 2 is 1.65 bits per heavy atom. The number of hydrogen-bond donors (Lipinski definition) is 2. The van der Waals surface area contributed by atoms with E-state index < -0.39 is 29.1 Å². The number of rotatable bonds is 7. The van der Waals surface area contributed by atoms with Crippen LogP contribution in [0.5, 0.6) is 0 Å². The van der Waals surface area contributed by atoms with E-state index in [0.29, 0.717) is 29.8 Å². The van der Waals surface area contributed by atoms with Crippen molar-refractivity contribution in [3.8, 4) is 11.8 Å². The molecule has 0 aliphatic rings. The van der Waals surface area contributed by atoms with E-state index in [4.69, 9.17) is 5.73 Å². The smallest absolute Gasteiger partial charge is 0.379 e. The Hall–Kier alpha value is -5.03. The number of hydrogen-bond acceptors (Lipinski definition) is 5. The van der Waals surface area contributed by atoms with Gasteiger partial charge in [-0.3, -0.25) is 14.4 Å². The Labute approximate surface area is 212 Å². The molecule has 0 unspecified atom stereocenters. The summed E-state index contributed by atoms with van der Waals surface area (Å²) in [5.41, 5.74) is 8.71. The van der Waals surface area contributed by atoms with Gasteiger partial charge in [-0.25, -0.2) is 9.78 Å². The number of fused-ring (bicyclic) bond motifs is 1. The highest BCUT2D eigenvalue weighted by atomic mass is 16.4. The predicted molar refractivity (Wildman–Crippen MR) is 136 cm³/mol. The Balaban J connectivity index is 1.98. The van der Waals surface area contributed by atoms with Gasteiger partial charge in [0.1, 0.15) is 5.69 Å². The molecule has 2 aromatic heterocycles. The largest absolute Gasteiger partial charge is 0.475 e. The second-order valence-electron chi connectivity index (χ2n) is 8.38. The lowest BCUT2D eigenvalue weighted by atomic mass is 9.96. The number of carbonyl (C=O) groups excluding carboxylic acids is 3. The number of benzene rings is 2. The van der Waals surface area contributed by atoms with Gasteiger partial charge in [0.05, 0.1) is 16.8 Å². The van der Waals surface area contributed by atoms with E-state index in [0.717, 1.165) is 16.7 Å². The minimum Gasteiger partial charge on any atom is -0.475 e. The minimum absolute atomic E-state index is 0.0403. The number of nitrogens with zero attached hydrogens (tertiary/aromatic N) is 2. The summed E-state index contributed by atoms with van der Waals surface area (Å²) in [7, 11) is 0. The third-order valence-corrected chi connectivity index (χ3v) is 5.95. The van der Waals surface area contributed by atoms with Gasteiger partial charge >= 0.3 is 5.97 Å². The Morgan fingerprint density at radius 1 is 0.973 bits per heavy atom. The number of Topliss-reactive ketones (excluding diaryl/α,β-unsaturated/α-hetero) is 2. The van der Waals surface area contributed by atoms with Gasteiger partial charge in [-0.2, -0.15) is 0 Å². The van der Waals surface area contributed by atoms with Crippen molar-refractivity contribution >= 4 is 29.0 Å². The standard InChI is InChI=1S/C29H23N3O5/c1-3-21-22(15-20-12-8-7-11-19(20)14-13-18-9-5-4-6-10-18)32-16-17(2)31-24(27(34)29(36)37)25(32)23(21)26(33)28(30)35/h4-12,16H,3,15H2,1-2H3,(H2,30,35)(H,36,37). The van der Waals surface area contributed by atoms with Crippen LogP contribution in [0.25, 0.3) is 5.52 Å². The van der Waals surface area contributed by atoms with E-state index in [1.165, 1.54) is 0 Å². The summed E-state index contributed by atoms with van der Waals surface area (Å²) in [6.07, 6.45) is 2.22. The van der Waals surface area contributed by atoms with E-state index >= 15 is 0 Å². The number of carboxylic acids is 1. The average molecular weight is 494 g/mol. The topological polar surface area (TPSA) is 132 Å². The van der Waals surface area contributed by atoms with Crippen LogP contribution >= 0.6 is 0 Å². The molecule has 4 aromatic rings. The summed E-state index contributed by atoms with van der Waals surface area (Å²) in [6, 6.07) is 17.1. The third-order valence-electron chi connectivity index (χ3n) is 5.95. The second-order valence-corrected chi connectivity index (χ2v) is 8.38. The fourth-order valence-electron chi connectivity index (χ4n) is 4.35. The molecule has 0 fully saturated rings. The normalized spacial score (nSPS) is 10.5. The van der Waals surface area contributed by atoms with E-state index in [2.05, 4.69) is 16.8 Å². The lowest BCUT2D eigenvalue weighted by Gasteiger charge is -2.10. The van der Waals surface area contributed by atoms with Gasteiger partial charge in [0.25, 0.3) is 17.5 Å². The van der Waals surface area contributed by atoms with Crippen LogP contribution in [0.1, 0.15) is 61.4 Å². The van der Waals surface area contributed by atoms with Crippen molar-refractivity contribution in [2.24, 2.45) is 5.73 Å². The zero-order chi connectivity index (χ0) is 26.7. The minimum atomic E-state index is -1.72. The molecule has 0 aliphatic carbocycles. The monoisotopic (exact) mass is 493 g/mol. The van der Waals surface area contributed by atoms with Crippen molar-refractivity contribution < 1.29 is 24.3 Å². The first-order valence-corrected chi connectivity index (χ1v) is 11.5. The summed E-state index contributed by atoms with van der Waals surface area (Å²) in [6.45, 7) is 3.42. The van der Waals surface area contributed by atoms with Gasteiger partial charge in [0, 0.05) is 29.4 Å². The Morgan fingerprint density at radius 3 is 2.30 bits per heavy atom. The molecule has 8 heteroatoms. The van der Waals surface area contributed by atoms with Gasteiger partial charge in [-0.1, -0.05) is 55.2 Å². The van der Waals surface area contributed by atoms with Crippen molar-refractivity contribution in [1.29, 1.82) is 0 Å². The van der Waals surface area contributed by atoms with Crippen molar-refractivity contribution in [1.82, 2.24) is 9.38 Å². The maximum atomic E-state index is 13.0. The van der Waals surface area contributed by atoms with Crippen LogP contribution in [0.4, 0.5) is 0 Å². The first kappa shape index (κ1) is 25.1. The highest BCUT2D eigenvalue weighted by molar-refractivity contribution is 6.46. The molecule has 8 nitrogen and oxygen atoms in total. The Bertz CT molecular complexity index is 1640. The van der Waals surface area contributed by atoms with Crippen LogP contribution in [-0.4, -0.2) is 37.9 Å². The number of amides is 1. The van der Waals surface area contributed by atoms with Crippen molar-refractivity contribution in [3.05, 3.63) is 106 Å². The average Bonchev–Trinajstić information content (AvgIpc) is 3.19. The number of aliphatic carboxylic acids is 1. The molecule has 2 aromatic carbocycles. The third kappa shape index (κ3) is 4.88. The first-order valence-electron chi connectivity index (χ1n) is 11.5. The number of aryl methyl sites for hydroxylation is 1. The van der Waals surface area contributed by atoms with E-state index in [-0.39, 0.29) is 11.1 Å². The molecular weight excluding hydrogens is 470 g/mol. The highest BCUT2D eigenvalue weighted by Crippen LogP contribution is 2.30. The van der Waals surface area contributed by atoms with Crippen LogP contribution in [0.2, 0.25) is 0 Å². The van der Waals surface area contributed by atoms with Gasteiger partial charge in [0.15, 0.2) is 0 Å². The molecule has 0 spiro atoms. The highest BCUT2D eigenvalue weighted by Gasteiger charge is 2.31. The van der Waals surface area contributed by atoms with Crippen LogP contribution in [0.15, 0.2) is 60.8 Å². The fraction of sp³-hybridized carbons (Fsp3) is 0.138. The summed E-state index contributed by atoms with van der Waals surface area (Å²) in [4.78, 5) is 53.2. The van der Waals surface area contributed by atoms with Gasteiger partial charge in [-0.15, -0.1) is 0 Å². The number of carbonyl (C=O) groups is 4.